The SMILES string of the molecule is COC1C(=O)CCC2(CO2)C1C1(N)OC1CC(=O)NCc1ccccc1. The van der Waals surface area contributed by atoms with Crippen molar-refractivity contribution in [2.45, 2.75) is 49.3 Å². The smallest absolute Gasteiger partial charge is 0.223 e. The summed E-state index contributed by atoms with van der Waals surface area (Å²) in [7, 11) is 1.50. The molecule has 2 aliphatic heterocycles. The maximum atomic E-state index is 12.3. The molecule has 140 valence electrons. The van der Waals surface area contributed by atoms with Crippen molar-refractivity contribution < 1.29 is 23.8 Å². The van der Waals surface area contributed by atoms with E-state index in [0.717, 1.165) is 5.56 Å². The molecule has 3 N–H and O–H groups in total. The van der Waals surface area contributed by atoms with Crippen molar-refractivity contribution >= 4 is 11.7 Å². The summed E-state index contributed by atoms with van der Waals surface area (Å²) >= 11 is 0. The lowest BCUT2D eigenvalue weighted by molar-refractivity contribution is -0.142. The topological polar surface area (TPSA) is 106 Å². The monoisotopic (exact) mass is 360 g/mol. The Morgan fingerprint density at radius 3 is 2.77 bits per heavy atom. The zero-order valence-electron chi connectivity index (χ0n) is 14.8. The molecule has 1 aromatic rings. The number of ketones is 1. The molecule has 3 aliphatic rings. The summed E-state index contributed by atoms with van der Waals surface area (Å²) in [6.07, 6.45) is 0.126. The Morgan fingerprint density at radius 1 is 1.38 bits per heavy atom. The third-order valence-electron chi connectivity index (χ3n) is 5.73. The number of carbonyl (C=O) groups excluding carboxylic acids is 2. The van der Waals surface area contributed by atoms with E-state index in [9.17, 15) is 9.59 Å². The van der Waals surface area contributed by atoms with Crippen LogP contribution >= 0.6 is 0 Å². The van der Waals surface area contributed by atoms with Crippen molar-refractivity contribution in [1.29, 1.82) is 0 Å². The van der Waals surface area contributed by atoms with Crippen molar-refractivity contribution in [3.8, 4) is 0 Å². The molecule has 2 saturated heterocycles. The predicted octanol–water partition coefficient (Wildman–Crippen LogP) is 0.510. The van der Waals surface area contributed by atoms with Gasteiger partial charge in [-0.15, -0.1) is 0 Å². The number of amides is 1. The Hall–Kier alpha value is -1.80. The summed E-state index contributed by atoms with van der Waals surface area (Å²) in [5.41, 5.74) is 5.97. The van der Waals surface area contributed by atoms with Gasteiger partial charge >= 0.3 is 0 Å². The quantitative estimate of drug-likeness (QED) is 0.716. The molecule has 1 saturated carbocycles. The zero-order valence-corrected chi connectivity index (χ0v) is 14.8. The first-order valence-corrected chi connectivity index (χ1v) is 8.95. The molecule has 1 aliphatic carbocycles. The van der Waals surface area contributed by atoms with Gasteiger partial charge in [-0.1, -0.05) is 30.3 Å². The molecule has 1 amide bonds. The maximum absolute atomic E-state index is 12.3. The number of benzene rings is 1. The van der Waals surface area contributed by atoms with Crippen molar-refractivity contribution in [2.24, 2.45) is 11.7 Å². The van der Waals surface area contributed by atoms with Crippen LogP contribution in [0.15, 0.2) is 30.3 Å². The number of methoxy groups -OCH3 is 1. The number of nitrogens with two attached hydrogens (primary N) is 1. The third-order valence-corrected chi connectivity index (χ3v) is 5.73. The molecular weight excluding hydrogens is 336 g/mol. The predicted molar refractivity (Wildman–Crippen MR) is 91.9 cm³/mol. The van der Waals surface area contributed by atoms with E-state index in [1.807, 2.05) is 30.3 Å². The molecule has 5 unspecified atom stereocenters. The van der Waals surface area contributed by atoms with Crippen LogP contribution in [0.3, 0.4) is 0 Å². The second kappa shape index (κ2) is 6.42. The Bertz CT molecular complexity index is 705. The fraction of sp³-hybridized carbons (Fsp3) is 0.579. The summed E-state index contributed by atoms with van der Waals surface area (Å²) in [5.74, 6) is -0.493. The number of nitrogens with one attached hydrogen (secondary N) is 1. The van der Waals surface area contributed by atoms with E-state index in [1.54, 1.807) is 0 Å². The van der Waals surface area contributed by atoms with Crippen LogP contribution < -0.4 is 11.1 Å². The Kier molecular flexibility index (Phi) is 4.35. The molecule has 7 nitrogen and oxygen atoms in total. The second-order valence-electron chi connectivity index (χ2n) is 7.38. The van der Waals surface area contributed by atoms with Crippen molar-refractivity contribution in [3.05, 3.63) is 35.9 Å². The summed E-state index contributed by atoms with van der Waals surface area (Å²) in [5, 5.41) is 2.88. The molecule has 0 bridgehead atoms. The van der Waals surface area contributed by atoms with E-state index < -0.39 is 23.5 Å². The number of rotatable bonds is 6. The van der Waals surface area contributed by atoms with Crippen LogP contribution in [0.1, 0.15) is 24.8 Å². The maximum Gasteiger partial charge on any atom is 0.223 e. The summed E-state index contributed by atoms with van der Waals surface area (Å²) in [6, 6.07) is 9.69. The van der Waals surface area contributed by atoms with Crippen LogP contribution in [0.5, 0.6) is 0 Å². The molecule has 1 spiro atoms. The molecule has 7 heteroatoms. The van der Waals surface area contributed by atoms with Crippen LogP contribution in [0.4, 0.5) is 0 Å². The normalized spacial score (nSPS) is 38.2. The molecule has 3 fully saturated rings. The van der Waals surface area contributed by atoms with Crippen LogP contribution in [-0.4, -0.2) is 48.9 Å². The van der Waals surface area contributed by atoms with E-state index in [-0.39, 0.29) is 24.0 Å². The average Bonchev–Trinajstić information content (AvgIpc) is 3.55. The van der Waals surface area contributed by atoms with Crippen LogP contribution in [-0.2, 0) is 30.3 Å². The van der Waals surface area contributed by atoms with Crippen molar-refractivity contribution in [1.82, 2.24) is 5.32 Å². The van der Waals surface area contributed by atoms with E-state index in [4.69, 9.17) is 19.9 Å². The standard InChI is InChI=1S/C19H24N2O5/c1-24-16-13(22)7-8-18(11-25-18)17(16)19(20)14(26-19)9-15(23)21-10-12-5-3-2-4-6-12/h2-6,14,16-17H,7-11,20H2,1H3,(H,21,23). The highest BCUT2D eigenvalue weighted by Crippen LogP contribution is 2.56. The minimum Gasteiger partial charge on any atom is -0.373 e. The lowest BCUT2D eigenvalue weighted by Gasteiger charge is -2.37. The minimum atomic E-state index is -1.06. The van der Waals surface area contributed by atoms with Gasteiger partial charge in [0.15, 0.2) is 11.5 Å². The third kappa shape index (κ3) is 3.05. The Balaban J connectivity index is 1.38. The fourth-order valence-corrected chi connectivity index (χ4v) is 4.15. The van der Waals surface area contributed by atoms with Gasteiger partial charge in [0.1, 0.15) is 17.8 Å². The van der Waals surface area contributed by atoms with E-state index in [2.05, 4.69) is 5.32 Å². The molecular formula is C19H24N2O5. The average molecular weight is 360 g/mol. The highest BCUT2D eigenvalue weighted by molar-refractivity contribution is 5.85. The number of Topliss-reactive ketones (excluding diaryl/α,β-unsaturated/α-hetero) is 1. The molecule has 0 radical (unpaired) electrons. The van der Waals surface area contributed by atoms with E-state index >= 15 is 0 Å². The second-order valence-corrected chi connectivity index (χ2v) is 7.38. The van der Waals surface area contributed by atoms with Crippen LogP contribution in [0.2, 0.25) is 0 Å². The Labute approximate surface area is 152 Å². The van der Waals surface area contributed by atoms with Gasteiger partial charge in [0.05, 0.1) is 18.9 Å². The van der Waals surface area contributed by atoms with Gasteiger partial charge in [-0.05, 0) is 12.0 Å². The van der Waals surface area contributed by atoms with Gasteiger partial charge in [0.25, 0.3) is 0 Å². The first-order valence-electron chi connectivity index (χ1n) is 8.95. The van der Waals surface area contributed by atoms with Gasteiger partial charge in [-0.2, -0.15) is 0 Å². The van der Waals surface area contributed by atoms with Gasteiger partial charge in [0, 0.05) is 20.1 Å². The highest BCUT2D eigenvalue weighted by Gasteiger charge is 2.73. The molecule has 4 rings (SSSR count). The zero-order chi connectivity index (χ0) is 18.4. The number of epoxide rings is 2. The molecule has 1 aromatic carbocycles. The lowest BCUT2D eigenvalue weighted by atomic mass is 9.71. The van der Waals surface area contributed by atoms with Gasteiger partial charge in [-0.3, -0.25) is 9.59 Å². The lowest BCUT2D eigenvalue weighted by Crippen LogP contribution is -2.57. The number of ether oxygens (including phenoxy) is 3. The first kappa shape index (κ1) is 17.6. The fourth-order valence-electron chi connectivity index (χ4n) is 4.15. The van der Waals surface area contributed by atoms with Crippen LogP contribution in [0.25, 0.3) is 0 Å². The minimum absolute atomic E-state index is 0.0197. The molecule has 5 atom stereocenters. The highest BCUT2D eigenvalue weighted by atomic mass is 16.6. The van der Waals surface area contributed by atoms with E-state index in [0.29, 0.717) is 26.0 Å². The van der Waals surface area contributed by atoms with Gasteiger partial charge < -0.3 is 25.3 Å². The van der Waals surface area contributed by atoms with Crippen molar-refractivity contribution in [2.75, 3.05) is 13.7 Å². The van der Waals surface area contributed by atoms with Crippen molar-refractivity contribution in [3.63, 3.8) is 0 Å². The number of hydrogen-bond donors (Lipinski definition) is 2. The van der Waals surface area contributed by atoms with Crippen LogP contribution in [0, 0.1) is 5.92 Å². The summed E-state index contributed by atoms with van der Waals surface area (Å²) < 4.78 is 16.8. The molecule has 0 aromatic heterocycles. The summed E-state index contributed by atoms with van der Waals surface area (Å²) in [4.78, 5) is 24.5. The molecule has 2 heterocycles. The Morgan fingerprint density at radius 2 is 2.12 bits per heavy atom. The number of hydrogen-bond acceptors (Lipinski definition) is 6. The largest absolute Gasteiger partial charge is 0.373 e. The van der Waals surface area contributed by atoms with E-state index in [1.165, 1.54) is 7.11 Å². The molecule has 26 heavy (non-hydrogen) atoms. The summed E-state index contributed by atoms with van der Waals surface area (Å²) in [6.45, 7) is 1.01. The first-order chi connectivity index (χ1) is 12.5. The van der Waals surface area contributed by atoms with Gasteiger partial charge in [-0.25, -0.2) is 0 Å². The van der Waals surface area contributed by atoms with Gasteiger partial charge in [0.2, 0.25) is 5.91 Å². The number of carbonyl (C=O) groups is 2.